The zero-order valence-corrected chi connectivity index (χ0v) is 11.5. The summed E-state index contributed by atoms with van der Waals surface area (Å²) < 4.78 is 2.42. The molecule has 1 saturated heterocycles. The van der Waals surface area contributed by atoms with Gasteiger partial charge in [-0.25, -0.2) is 0 Å². The summed E-state index contributed by atoms with van der Waals surface area (Å²) in [5.41, 5.74) is 4.33. The van der Waals surface area contributed by atoms with Crippen LogP contribution in [-0.2, 0) is 6.54 Å². The largest absolute Gasteiger partial charge is 0.347 e. The predicted molar refractivity (Wildman–Crippen MR) is 77.1 cm³/mol. The Morgan fingerprint density at radius 3 is 2.67 bits per heavy atom. The van der Waals surface area contributed by atoms with Gasteiger partial charge in [-0.3, -0.25) is 0 Å². The molecule has 0 radical (unpaired) electrons. The van der Waals surface area contributed by atoms with E-state index in [1.165, 1.54) is 35.1 Å². The Labute approximate surface area is 109 Å². The van der Waals surface area contributed by atoms with Crippen molar-refractivity contribution in [1.82, 2.24) is 9.88 Å². The van der Waals surface area contributed by atoms with E-state index >= 15 is 0 Å². The van der Waals surface area contributed by atoms with Crippen LogP contribution < -0.4 is 5.32 Å². The topological polar surface area (TPSA) is 17.0 Å². The van der Waals surface area contributed by atoms with Crippen molar-refractivity contribution in [3.05, 3.63) is 35.5 Å². The monoisotopic (exact) mass is 242 g/mol. The van der Waals surface area contributed by atoms with Crippen molar-refractivity contribution in [2.24, 2.45) is 5.92 Å². The van der Waals surface area contributed by atoms with Crippen molar-refractivity contribution in [1.29, 1.82) is 0 Å². The molecule has 2 heteroatoms. The van der Waals surface area contributed by atoms with E-state index in [1.807, 2.05) is 0 Å². The molecule has 1 aliphatic heterocycles. The molecule has 1 fully saturated rings. The van der Waals surface area contributed by atoms with Crippen LogP contribution in [0, 0.1) is 12.8 Å². The molecule has 0 bridgehead atoms. The van der Waals surface area contributed by atoms with Crippen molar-refractivity contribution in [2.75, 3.05) is 13.1 Å². The first-order chi connectivity index (χ1) is 8.66. The van der Waals surface area contributed by atoms with Gasteiger partial charge in [0.15, 0.2) is 0 Å². The Hall–Kier alpha value is -1.28. The lowest BCUT2D eigenvalue weighted by Crippen LogP contribution is -2.44. The van der Waals surface area contributed by atoms with Crippen LogP contribution in [0.3, 0.4) is 0 Å². The summed E-state index contributed by atoms with van der Waals surface area (Å²) in [5, 5.41) is 4.79. The van der Waals surface area contributed by atoms with Crippen LogP contribution in [0.15, 0.2) is 24.4 Å². The minimum atomic E-state index is 0.593. The molecule has 1 N–H and O–H groups in total. The maximum atomic E-state index is 3.35. The molecular weight excluding hydrogens is 220 g/mol. The van der Waals surface area contributed by atoms with Gasteiger partial charge in [-0.2, -0.15) is 0 Å². The van der Waals surface area contributed by atoms with E-state index in [2.05, 4.69) is 55.1 Å². The molecule has 96 valence electrons. The number of hydrogen-bond acceptors (Lipinski definition) is 1. The fourth-order valence-electron chi connectivity index (χ4n) is 3.09. The van der Waals surface area contributed by atoms with Crippen molar-refractivity contribution >= 4 is 10.9 Å². The van der Waals surface area contributed by atoms with E-state index in [4.69, 9.17) is 0 Å². The first kappa shape index (κ1) is 11.8. The minimum Gasteiger partial charge on any atom is -0.347 e. The lowest BCUT2D eigenvalue weighted by molar-refractivity contribution is 0.310. The zero-order valence-electron chi connectivity index (χ0n) is 11.5. The predicted octanol–water partition coefficient (Wildman–Crippen LogP) is 3.29. The third-order valence-electron chi connectivity index (χ3n) is 4.11. The van der Waals surface area contributed by atoms with Crippen LogP contribution in [0.4, 0.5) is 0 Å². The SMILES string of the molecule is Cc1ccc2c(ccn2CC2CNC2)c1C(C)C. The summed E-state index contributed by atoms with van der Waals surface area (Å²) in [7, 11) is 0. The summed E-state index contributed by atoms with van der Waals surface area (Å²) in [5.74, 6) is 1.40. The fourth-order valence-corrected chi connectivity index (χ4v) is 3.09. The summed E-state index contributed by atoms with van der Waals surface area (Å²) in [4.78, 5) is 0. The first-order valence-corrected chi connectivity index (χ1v) is 6.96. The summed E-state index contributed by atoms with van der Waals surface area (Å²) in [6.45, 7) is 10.3. The van der Waals surface area contributed by atoms with Gasteiger partial charge in [-0.1, -0.05) is 19.9 Å². The van der Waals surface area contributed by atoms with E-state index in [9.17, 15) is 0 Å². The Morgan fingerprint density at radius 1 is 1.28 bits per heavy atom. The normalized spacial score (nSPS) is 16.4. The fraction of sp³-hybridized carbons (Fsp3) is 0.500. The molecule has 1 aromatic carbocycles. The Bertz CT molecular complexity index is 562. The van der Waals surface area contributed by atoms with Crippen LogP contribution in [0.2, 0.25) is 0 Å². The number of hydrogen-bond donors (Lipinski definition) is 1. The average Bonchev–Trinajstić information content (AvgIpc) is 2.65. The molecule has 2 aromatic rings. The first-order valence-electron chi connectivity index (χ1n) is 6.96. The maximum absolute atomic E-state index is 3.35. The highest BCUT2D eigenvalue weighted by Gasteiger charge is 2.18. The van der Waals surface area contributed by atoms with E-state index in [1.54, 1.807) is 0 Å². The van der Waals surface area contributed by atoms with Gasteiger partial charge in [0.1, 0.15) is 0 Å². The molecule has 0 saturated carbocycles. The Morgan fingerprint density at radius 2 is 2.06 bits per heavy atom. The molecule has 18 heavy (non-hydrogen) atoms. The highest BCUT2D eigenvalue weighted by Crippen LogP contribution is 2.30. The second-order valence-electron chi connectivity index (χ2n) is 5.88. The molecule has 0 aliphatic carbocycles. The standard InChI is InChI=1S/C16H22N2/c1-11(2)16-12(3)4-5-15-14(16)6-7-18(15)10-13-8-17-9-13/h4-7,11,13,17H,8-10H2,1-3H3. The van der Waals surface area contributed by atoms with Gasteiger partial charge in [0.25, 0.3) is 0 Å². The lowest BCUT2D eigenvalue weighted by Gasteiger charge is -2.27. The molecule has 0 spiro atoms. The van der Waals surface area contributed by atoms with E-state index in [-0.39, 0.29) is 0 Å². The maximum Gasteiger partial charge on any atom is 0.0483 e. The van der Waals surface area contributed by atoms with Gasteiger partial charge in [-0.15, -0.1) is 0 Å². The molecule has 0 amide bonds. The molecule has 3 rings (SSSR count). The van der Waals surface area contributed by atoms with Crippen LogP contribution >= 0.6 is 0 Å². The number of nitrogens with one attached hydrogen (secondary N) is 1. The van der Waals surface area contributed by atoms with Gasteiger partial charge in [-0.05, 0) is 36.1 Å². The van der Waals surface area contributed by atoms with Gasteiger partial charge >= 0.3 is 0 Å². The molecule has 1 aromatic heterocycles. The Balaban J connectivity index is 2.05. The van der Waals surface area contributed by atoms with Gasteiger partial charge < -0.3 is 9.88 Å². The minimum absolute atomic E-state index is 0.593. The zero-order chi connectivity index (χ0) is 12.7. The molecule has 1 aliphatic rings. The van der Waals surface area contributed by atoms with Crippen molar-refractivity contribution in [2.45, 2.75) is 33.2 Å². The number of benzene rings is 1. The molecule has 2 heterocycles. The van der Waals surface area contributed by atoms with Crippen LogP contribution in [0.25, 0.3) is 10.9 Å². The van der Waals surface area contributed by atoms with Gasteiger partial charge in [0.05, 0.1) is 0 Å². The van der Waals surface area contributed by atoms with E-state index < -0.39 is 0 Å². The second-order valence-corrected chi connectivity index (χ2v) is 5.88. The molecule has 0 unspecified atom stereocenters. The van der Waals surface area contributed by atoms with Crippen LogP contribution in [0.5, 0.6) is 0 Å². The Kier molecular flexibility index (Phi) is 2.90. The third-order valence-corrected chi connectivity index (χ3v) is 4.11. The summed E-state index contributed by atoms with van der Waals surface area (Å²) in [6.07, 6.45) is 2.26. The number of nitrogens with zero attached hydrogens (tertiary/aromatic N) is 1. The van der Waals surface area contributed by atoms with Crippen molar-refractivity contribution in [3.63, 3.8) is 0 Å². The number of rotatable bonds is 3. The van der Waals surface area contributed by atoms with E-state index in [0.29, 0.717) is 5.92 Å². The average molecular weight is 242 g/mol. The van der Waals surface area contributed by atoms with Crippen LogP contribution in [-0.4, -0.2) is 17.7 Å². The highest BCUT2D eigenvalue weighted by atomic mass is 15.0. The lowest BCUT2D eigenvalue weighted by atomic mass is 9.94. The molecule has 0 atom stereocenters. The van der Waals surface area contributed by atoms with E-state index in [0.717, 1.165) is 12.5 Å². The quantitative estimate of drug-likeness (QED) is 0.874. The number of aromatic nitrogens is 1. The van der Waals surface area contributed by atoms with Crippen molar-refractivity contribution < 1.29 is 0 Å². The second kappa shape index (κ2) is 4.43. The number of aryl methyl sites for hydroxylation is 1. The third kappa shape index (κ3) is 1.85. The smallest absolute Gasteiger partial charge is 0.0483 e. The summed E-state index contributed by atoms with van der Waals surface area (Å²) >= 11 is 0. The molecule has 2 nitrogen and oxygen atoms in total. The highest BCUT2D eigenvalue weighted by molar-refractivity contribution is 5.85. The molecular formula is C16H22N2. The summed E-state index contributed by atoms with van der Waals surface area (Å²) in [6, 6.07) is 6.85. The van der Waals surface area contributed by atoms with Crippen molar-refractivity contribution in [3.8, 4) is 0 Å². The van der Waals surface area contributed by atoms with Crippen LogP contribution in [0.1, 0.15) is 30.9 Å². The van der Waals surface area contributed by atoms with Gasteiger partial charge in [0.2, 0.25) is 0 Å². The number of fused-ring (bicyclic) bond motifs is 1. The van der Waals surface area contributed by atoms with Gasteiger partial charge in [0, 0.05) is 42.7 Å².